The van der Waals surface area contributed by atoms with Crippen molar-refractivity contribution in [3.8, 4) is 0 Å². The molecule has 5 nitrogen and oxygen atoms in total. The van der Waals surface area contributed by atoms with Crippen molar-refractivity contribution in [2.75, 3.05) is 19.6 Å². The Kier molecular flexibility index (Phi) is 6.42. The Morgan fingerprint density at radius 1 is 1.33 bits per heavy atom. The highest BCUT2D eigenvalue weighted by Crippen LogP contribution is 2.11. The number of carbonyl (C=O) groups excluding carboxylic acids is 1. The van der Waals surface area contributed by atoms with Crippen molar-refractivity contribution in [1.29, 1.82) is 0 Å². The maximum Gasteiger partial charge on any atom is 0.241 e. The lowest BCUT2D eigenvalue weighted by molar-refractivity contribution is -0.123. The van der Waals surface area contributed by atoms with Gasteiger partial charge in [-0.15, -0.1) is 0 Å². The predicted molar refractivity (Wildman–Crippen MR) is 85.9 cm³/mol. The fourth-order valence-corrected chi connectivity index (χ4v) is 2.74. The van der Waals surface area contributed by atoms with E-state index < -0.39 is 0 Å². The molecule has 21 heavy (non-hydrogen) atoms. The molecule has 0 saturated heterocycles. The van der Waals surface area contributed by atoms with Crippen LogP contribution in [-0.2, 0) is 4.79 Å². The molecule has 2 aliphatic rings. The first kappa shape index (κ1) is 16.2. The van der Waals surface area contributed by atoms with E-state index in [-0.39, 0.29) is 24.0 Å². The Hall–Kier alpha value is -1.17. The van der Waals surface area contributed by atoms with Gasteiger partial charge in [0.25, 0.3) is 0 Å². The van der Waals surface area contributed by atoms with Crippen LogP contribution in [0.25, 0.3) is 0 Å². The van der Waals surface area contributed by atoms with Crippen molar-refractivity contribution < 1.29 is 4.79 Å². The van der Waals surface area contributed by atoms with Crippen LogP contribution in [-0.4, -0.2) is 43.7 Å². The SMILES string of the molecule is CCCNCC1C=CC(C(=O)NC2CC=CCC2N)NC1. The minimum Gasteiger partial charge on any atom is -0.350 e. The van der Waals surface area contributed by atoms with Gasteiger partial charge in [0.2, 0.25) is 5.91 Å². The van der Waals surface area contributed by atoms with Crippen molar-refractivity contribution in [1.82, 2.24) is 16.0 Å². The van der Waals surface area contributed by atoms with Crippen LogP contribution in [0.5, 0.6) is 0 Å². The molecule has 1 aliphatic carbocycles. The number of hydrogen-bond acceptors (Lipinski definition) is 4. The van der Waals surface area contributed by atoms with Crippen molar-refractivity contribution in [3.05, 3.63) is 24.3 Å². The molecule has 0 aromatic heterocycles. The van der Waals surface area contributed by atoms with Crippen LogP contribution in [0.15, 0.2) is 24.3 Å². The first-order valence-corrected chi connectivity index (χ1v) is 8.04. The summed E-state index contributed by atoms with van der Waals surface area (Å²) < 4.78 is 0. The summed E-state index contributed by atoms with van der Waals surface area (Å²) in [6.45, 7) is 5.00. The molecule has 0 aromatic rings. The summed E-state index contributed by atoms with van der Waals surface area (Å²) >= 11 is 0. The van der Waals surface area contributed by atoms with Gasteiger partial charge in [-0.05, 0) is 25.8 Å². The maximum atomic E-state index is 12.3. The van der Waals surface area contributed by atoms with E-state index in [1.54, 1.807) is 0 Å². The van der Waals surface area contributed by atoms with E-state index in [9.17, 15) is 4.79 Å². The Morgan fingerprint density at radius 2 is 2.14 bits per heavy atom. The summed E-state index contributed by atoms with van der Waals surface area (Å²) in [6, 6.07) is -0.148. The van der Waals surface area contributed by atoms with Gasteiger partial charge in [-0.3, -0.25) is 4.79 Å². The largest absolute Gasteiger partial charge is 0.350 e. The number of hydrogen-bond donors (Lipinski definition) is 4. The lowest BCUT2D eigenvalue weighted by atomic mass is 9.96. The fourth-order valence-electron chi connectivity index (χ4n) is 2.74. The van der Waals surface area contributed by atoms with Crippen LogP contribution in [0.1, 0.15) is 26.2 Å². The summed E-state index contributed by atoms with van der Waals surface area (Å²) in [5, 5.41) is 9.77. The number of carbonyl (C=O) groups is 1. The second-order valence-corrected chi connectivity index (χ2v) is 5.96. The Bertz CT molecular complexity index is 394. The zero-order valence-corrected chi connectivity index (χ0v) is 12.8. The van der Waals surface area contributed by atoms with Crippen molar-refractivity contribution in [2.45, 2.75) is 44.3 Å². The average Bonchev–Trinajstić information content (AvgIpc) is 2.50. The molecule has 5 heteroatoms. The zero-order chi connectivity index (χ0) is 15.1. The summed E-state index contributed by atoms with van der Waals surface area (Å²) in [5.74, 6) is 0.488. The molecule has 1 amide bonds. The van der Waals surface area contributed by atoms with Crippen LogP contribution in [0, 0.1) is 5.92 Å². The van der Waals surface area contributed by atoms with Gasteiger partial charge in [-0.2, -0.15) is 0 Å². The second kappa shape index (κ2) is 8.32. The van der Waals surface area contributed by atoms with Crippen LogP contribution in [0.3, 0.4) is 0 Å². The van der Waals surface area contributed by atoms with E-state index >= 15 is 0 Å². The molecule has 0 spiro atoms. The first-order valence-electron chi connectivity index (χ1n) is 8.04. The number of nitrogens with two attached hydrogens (primary N) is 1. The van der Waals surface area contributed by atoms with Gasteiger partial charge in [0.05, 0.1) is 0 Å². The molecule has 4 unspecified atom stereocenters. The van der Waals surface area contributed by atoms with E-state index in [0.29, 0.717) is 5.92 Å². The molecule has 0 radical (unpaired) electrons. The predicted octanol–water partition coefficient (Wildman–Crippen LogP) is 0.292. The van der Waals surface area contributed by atoms with Crippen molar-refractivity contribution >= 4 is 5.91 Å². The quantitative estimate of drug-likeness (QED) is 0.419. The van der Waals surface area contributed by atoms with Gasteiger partial charge in [-0.25, -0.2) is 0 Å². The highest BCUT2D eigenvalue weighted by atomic mass is 16.2. The third-order valence-electron chi connectivity index (χ3n) is 4.10. The van der Waals surface area contributed by atoms with Gasteiger partial charge in [0.15, 0.2) is 0 Å². The Balaban J connectivity index is 1.76. The van der Waals surface area contributed by atoms with Crippen LogP contribution in [0.4, 0.5) is 0 Å². The minimum atomic E-state index is -0.231. The molecule has 5 N–H and O–H groups in total. The molecule has 0 fully saturated rings. The smallest absolute Gasteiger partial charge is 0.241 e. The zero-order valence-electron chi connectivity index (χ0n) is 12.8. The first-order chi connectivity index (χ1) is 10.2. The molecule has 0 saturated carbocycles. The topological polar surface area (TPSA) is 79.2 Å². The molecule has 4 atom stereocenters. The number of amides is 1. The molecule has 0 bridgehead atoms. The van der Waals surface area contributed by atoms with Gasteiger partial charge < -0.3 is 21.7 Å². The van der Waals surface area contributed by atoms with Gasteiger partial charge in [0.1, 0.15) is 6.04 Å². The lowest BCUT2D eigenvalue weighted by Gasteiger charge is -2.29. The van der Waals surface area contributed by atoms with Gasteiger partial charge >= 0.3 is 0 Å². The van der Waals surface area contributed by atoms with Gasteiger partial charge in [-0.1, -0.05) is 31.2 Å². The van der Waals surface area contributed by atoms with E-state index in [4.69, 9.17) is 5.73 Å². The normalized spacial score (nSPS) is 32.1. The summed E-state index contributed by atoms with van der Waals surface area (Å²) in [6.07, 6.45) is 11.1. The number of nitrogens with one attached hydrogen (secondary N) is 3. The minimum absolute atomic E-state index is 0.0255. The van der Waals surface area contributed by atoms with Crippen LogP contribution < -0.4 is 21.7 Å². The van der Waals surface area contributed by atoms with Gasteiger partial charge in [0, 0.05) is 31.1 Å². The summed E-state index contributed by atoms with van der Waals surface area (Å²) in [4.78, 5) is 12.3. The van der Waals surface area contributed by atoms with Crippen molar-refractivity contribution in [3.63, 3.8) is 0 Å². The van der Waals surface area contributed by atoms with E-state index in [1.807, 2.05) is 6.08 Å². The highest BCUT2D eigenvalue weighted by molar-refractivity contribution is 5.84. The molecule has 1 aliphatic heterocycles. The van der Waals surface area contributed by atoms with Crippen LogP contribution in [0.2, 0.25) is 0 Å². The molecular formula is C16H28N4O. The van der Waals surface area contributed by atoms with Crippen molar-refractivity contribution in [2.24, 2.45) is 11.7 Å². The third-order valence-corrected chi connectivity index (χ3v) is 4.10. The fraction of sp³-hybridized carbons (Fsp3) is 0.688. The third kappa shape index (κ3) is 4.95. The Morgan fingerprint density at radius 3 is 2.81 bits per heavy atom. The summed E-state index contributed by atoms with van der Waals surface area (Å²) in [7, 11) is 0. The monoisotopic (exact) mass is 292 g/mol. The molecule has 1 heterocycles. The molecular weight excluding hydrogens is 264 g/mol. The van der Waals surface area contributed by atoms with E-state index in [1.165, 1.54) is 0 Å². The van der Waals surface area contributed by atoms with E-state index in [2.05, 4.69) is 41.1 Å². The highest BCUT2D eigenvalue weighted by Gasteiger charge is 2.25. The standard InChI is InChI=1S/C16H28N4O/c1-2-9-18-10-12-7-8-15(19-11-12)16(21)20-14-6-4-3-5-13(14)17/h3-4,7-8,12-15,18-19H,2,5-6,9-11,17H2,1H3,(H,20,21). The maximum absolute atomic E-state index is 12.3. The molecule has 118 valence electrons. The summed E-state index contributed by atoms with van der Waals surface area (Å²) in [5.41, 5.74) is 6.03. The average molecular weight is 292 g/mol. The number of rotatable bonds is 6. The lowest BCUT2D eigenvalue weighted by Crippen LogP contribution is -2.54. The molecule has 2 rings (SSSR count). The Labute approximate surface area is 127 Å². The molecule has 0 aromatic carbocycles. The van der Waals surface area contributed by atoms with E-state index in [0.717, 1.165) is 38.9 Å². The van der Waals surface area contributed by atoms with Crippen LogP contribution >= 0.6 is 0 Å². The second-order valence-electron chi connectivity index (χ2n) is 5.96.